The molecule has 3 nitrogen and oxygen atoms in total. The van der Waals surface area contributed by atoms with E-state index in [1.165, 1.54) is 11.1 Å². The molecule has 0 bridgehead atoms. The number of amides is 1. The highest BCUT2D eigenvalue weighted by Gasteiger charge is 2.30. The van der Waals surface area contributed by atoms with Crippen LogP contribution in [0.25, 0.3) is 0 Å². The first-order chi connectivity index (χ1) is 9.99. The Morgan fingerprint density at radius 1 is 1.14 bits per heavy atom. The van der Waals surface area contributed by atoms with Crippen molar-refractivity contribution in [2.75, 3.05) is 20.1 Å². The SMILES string of the molecule is Cc1ccc(CCCC(=O)N2CCN(C)[C@H](C)[C@@H]2C)cc1. The molecule has 0 saturated carbocycles. The van der Waals surface area contributed by atoms with Gasteiger partial charge in [-0.15, -0.1) is 0 Å². The molecule has 0 aliphatic carbocycles. The molecular formula is C18H28N2O. The molecule has 0 N–H and O–H groups in total. The van der Waals surface area contributed by atoms with Crippen molar-refractivity contribution in [1.82, 2.24) is 9.80 Å². The largest absolute Gasteiger partial charge is 0.337 e. The Kier molecular flexibility index (Phi) is 5.40. The maximum atomic E-state index is 12.4. The van der Waals surface area contributed by atoms with Crippen molar-refractivity contribution >= 4 is 5.91 Å². The monoisotopic (exact) mass is 288 g/mol. The molecule has 1 aromatic rings. The molecule has 0 aromatic heterocycles. The Labute approximate surface area is 128 Å². The van der Waals surface area contributed by atoms with E-state index >= 15 is 0 Å². The van der Waals surface area contributed by atoms with Gasteiger partial charge in [0, 0.05) is 31.6 Å². The van der Waals surface area contributed by atoms with Crippen molar-refractivity contribution in [3.63, 3.8) is 0 Å². The van der Waals surface area contributed by atoms with Gasteiger partial charge in [-0.1, -0.05) is 29.8 Å². The molecule has 2 atom stereocenters. The summed E-state index contributed by atoms with van der Waals surface area (Å²) in [5.74, 6) is 0.314. The minimum atomic E-state index is 0.314. The fraction of sp³-hybridized carbons (Fsp3) is 0.611. The minimum absolute atomic E-state index is 0.314. The van der Waals surface area contributed by atoms with E-state index in [-0.39, 0.29) is 0 Å². The lowest BCUT2D eigenvalue weighted by atomic mass is 10.0. The van der Waals surface area contributed by atoms with E-state index in [1.807, 2.05) is 0 Å². The summed E-state index contributed by atoms with van der Waals surface area (Å²) in [4.78, 5) is 16.8. The number of rotatable bonds is 4. The van der Waals surface area contributed by atoms with E-state index in [9.17, 15) is 4.79 Å². The molecule has 1 aromatic carbocycles. The Hall–Kier alpha value is -1.35. The standard InChI is InChI=1S/C18H28N2O/c1-14-8-10-17(11-9-14)6-5-7-18(21)20-13-12-19(4)15(2)16(20)3/h8-11,15-16H,5-7,12-13H2,1-4H3/t15-,16+/m1/s1. The van der Waals surface area contributed by atoms with Gasteiger partial charge in [-0.3, -0.25) is 9.69 Å². The van der Waals surface area contributed by atoms with E-state index in [4.69, 9.17) is 0 Å². The summed E-state index contributed by atoms with van der Waals surface area (Å²) in [5.41, 5.74) is 2.61. The average molecular weight is 288 g/mol. The van der Waals surface area contributed by atoms with Crippen molar-refractivity contribution in [2.45, 2.75) is 52.1 Å². The molecule has 3 heteroatoms. The smallest absolute Gasteiger partial charge is 0.222 e. The third kappa shape index (κ3) is 4.07. The van der Waals surface area contributed by atoms with E-state index in [2.05, 4.69) is 61.9 Å². The molecule has 1 aliphatic heterocycles. The number of benzene rings is 1. The molecular weight excluding hydrogens is 260 g/mol. The molecule has 1 heterocycles. The highest BCUT2D eigenvalue weighted by atomic mass is 16.2. The van der Waals surface area contributed by atoms with Crippen LogP contribution in [0.15, 0.2) is 24.3 Å². The van der Waals surface area contributed by atoms with Crippen molar-refractivity contribution in [3.8, 4) is 0 Å². The number of carbonyl (C=O) groups is 1. The number of piperazine rings is 1. The van der Waals surface area contributed by atoms with Crippen LogP contribution >= 0.6 is 0 Å². The lowest BCUT2D eigenvalue weighted by Gasteiger charge is -2.43. The van der Waals surface area contributed by atoms with E-state index in [1.54, 1.807) is 0 Å². The van der Waals surface area contributed by atoms with Crippen molar-refractivity contribution in [3.05, 3.63) is 35.4 Å². The second-order valence-corrected chi connectivity index (χ2v) is 6.39. The van der Waals surface area contributed by atoms with Gasteiger partial charge in [0.05, 0.1) is 0 Å². The first-order valence-corrected chi connectivity index (χ1v) is 8.04. The fourth-order valence-corrected chi connectivity index (χ4v) is 3.00. The van der Waals surface area contributed by atoms with Crippen LogP contribution in [0.2, 0.25) is 0 Å². The lowest BCUT2D eigenvalue weighted by Crippen LogP contribution is -2.57. The Balaban J connectivity index is 1.80. The number of hydrogen-bond acceptors (Lipinski definition) is 2. The van der Waals surface area contributed by atoms with Crippen molar-refractivity contribution in [1.29, 1.82) is 0 Å². The van der Waals surface area contributed by atoms with Crippen LogP contribution in [0, 0.1) is 6.92 Å². The summed E-state index contributed by atoms with van der Waals surface area (Å²) < 4.78 is 0. The van der Waals surface area contributed by atoms with Gasteiger partial charge in [-0.2, -0.15) is 0 Å². The quantitative estimate of drug-likeness (QED) is 0.850. The van der Waals surface area contributed by atoms with Crippen LogP contribution in [0.4, 0.5) is 0 Å². The van der Waals surface area contributed by atoms with E-state index < -0.39 is 0 Å². The summed E-state index contributed by atoms with van der Waals surface area (Å²) in [6.07, 6.45) is 2.59. The fourth-order valence-electron chi connectivity index (χ4n) is 3.00. The molecule has 21 heavy (non-hydrogen) atoms. The number of hydrogen-bond donors (Lipinski definition) is 0. The molecule has 1 aliphatic rings. The highest BCUT2D eigenvalue weighted by Crippen LogP contribution is 2.17. The van der Waals surface area contributed by atoms with Crippen LogP contribution in [0.3, 0.4) is 0 Å². The summed E-state index contributed by atoms with van der Waals surface area (Å²) in [5, 5.41) is 0. The van der Waals surface area contributed by atoms with Gasteiger partial charge < -0.3 is 4.90 Å². The Bertz CT molecular complexity index is 469. The van der Waals surface area contributed by atoms with E-state index in [0.717, 1.165) is 25.9 Å². The molecule has 1 fully saturated rings. The van der Waals surface area contributed by atoms with Gasteiger partial charge >= 0.3 is 0 Å². The van der Waals surface area contributed by atoms with Gasteiger partial charge in [-0.05, 0) is 46.2 Å². The predicted molar refractivity (Wildman–Crippen MR) is 87.4 cm³/mol. The van der Waals surface area contributed by atoms with Crippen LogP contribution < -0.4 is 0 Å². The molecule has 1 saturated heterocycles. The zero-order chi connectivity index (χ0) is 15.4. The zero-order valence-electron chi connectivity index (χ0n) is 13.8. The topological polar surface area (TPSA) is 23.6 Å². The third-order valence-corrected chi connectivity index (χ3v) is 4.88. The summed E-state index contributed by atoms with van der Waals surface area (Å²) in [7, 11) is 2.14. The van der Waals surface area contributed by atoms with Gasteiger partial charge in [0.1, 0.15) is 0 Å². The number of nitrogens with zero attached hydrogens (tertiary/aromatic N) is 2. The average Bonchev–Trinajstić information content (AvgIpc) is 2.47. The second-order valence-electron chi connectivity index (χ2n) is 6.39. The number of aryl methyl sites for hydroxylation is 2. The molecule has 1 amide bonds. The molecule has 116 valence electrons. The number of carbonyl (C=O) groups excluding carboxylic acids is 1. The lowest BCUT2D eigenvalue weighted by molar-refractivity contribution is -0.137. The second kappa shape index (κ2) is 7.08. The molecule has 0 unspecified atom stereocenters. The zero-order valence-corrected chi connectivity index (χ0v) is 13.8. The van der Waals surface area contributed by atoms with Crippen molar-refractivity contribution < 1.29 is 4.79 Å². The third-order valence-electron chi connectivity index (χ3n) is 4.88. The number of likely N-dealkylation sites (N-methyl/N-ethyl adjacent to an activating group) is 1. The van der Waals surface area contributed by atoms with Crippen LogP contribution in [-0.4, -0.2) is 47.9 Å². The van der Waals surface area contributed by atoms with Gasteiger partial charge in [-0.25, -0.2) is 0 Å². The normalized spacial score (nSPS) is 23.3. The van der Waals surface area contributed by atoms with E-state index in [0.29, 0.717) is 24.4 Å². The Morgan fingerprint density at radius 3 is 2.48 bits per heavy atom. The van der Waals surface area contributed by atoms with Crippen LogP contribution in [0.1, 0.15) is 37.8 Å². The minimum Gasteiger partial charge on any atom is -0.337 e. The maximum Gasteiger partial charge on any atom is 0.222 e. The first-order valence-electron chi connectivity index (χ1n) is 8.04. The van der Waals surface area contributed by atoms with Gasteiger partial charge in [0.25, 0.3) is 0 Å². The summed E-state index contributed by atoms with van der Waals surface area (Å²) >= 11 is 0. The Morgan fingerprint density at radius 2 is 1.81 bits per heavy atom. The predicted octanol–water partition coefficient (Wildman–Crippen LogP) is 2.87. The maximum absolute atomic E-state index is 12.4. The van der Waals surface area contributed by atoms with Crippen molar-refractivity contribution in [2.24, 2.45) is 0 Å². The molecule has 0 spiro atoms. The van der Waals surface area contributed by atoms with Gasteiger partial charge in [0.2, 0.25) is 5.91 Å². The first kappa shape index (κ1) is 16.0. The van der Waals surface area contributed by atoms with Gasteiger partial charge in [0.15, 0.2) is 0 Å². The molecule has 0 radical (unpaired) electrons. The molecule has 2 rings (SSSR count). The van der Waals surface area contributed by atoms with Crippen LogP contribution in [-0.2, 0) is 11.2 Å². The summed E-state index contributed by atoms with van der Waals surface area (Å²) in [6, 6.07) is 9.37. The highest BCUT2D eigenvalue weighted by molar-refractivity contribution is 5.76. The summed E-state index contributed by atoms with van der Waals surface area (Å²) in [6.45, 7) is 8.32. The van der Waals surface area contributed by atoms with Crippen LogP contribution in [0.5, 0.6) is 0 Å².